The lowest BCUT2D eigenvalue weighted by Gasteiger charge is -2.24. The Balaban J connectivity index is 1.68. The van der Waals surface area contributed by atoms with Crippen molar-refractivity contribution in [2.45, 2.75) is 30.3 Å². The van der Waals surface area contributed by atoms with E-state index < -0.39 is 32.6 Å². The number of nitrogens with zero attached hydrogens (tertiary/aromatic N) is 5. The first-order valence-corrected chi connectivity index (χ1v) is 10.1. The lowest BCUT2D eigenvalue weighted by Crippen LogP contribution is -2.32. The molecule has 7 nitrogen and oxygen atoms in total. The van der Waals surface area contributed by atoms with Crippen molar-refractivity contribution in [1.29, 1.82) is 0 Å². The van der Waals surface area contributed by atoms with Crippen LogP contribution in [0.1, 0.15) is 30.3 Å². The van der Waals surface area contributed by atoms with E-state index in [0.29, 0.717) is 31.3 Å². The van der Waals surface area contributed by atoms with Gasteiger partial charge >= 0.3 is 0 Å². The summed E-state index contributed by atoms with van der Waals surface area (Å²) >= 11 is 0. The van der Waals surface area contributed by atoms with Gasteiger partial charge in [-0.2, -0.15) is 4.31 Å². The molecule has 1 saturated heterocycles. The van der Waals surface area contributed by atoms with Crippen LogP contribution in [0.2, 0.25) is 0 Å². The van der Waals surface area contributed by atoms with E-state index in [1.165, 1.54) is 10.6 Å². The second-order valence-electron chi connectivity index (χ2n) is 6.52. The third-order valence-corrected chi connectivity index (χ3v) is 6.65. The Morgan fingerprint density at radius 2 is 1.93 bits per heavy atom. The average molecular weight is 405 g/mol. The van der Waals surface area contributed by atoms with Gasteiger partial charge in [-0.05, 0) is 48.7 Å². The Morgan fingerprint density at radius 1 is 1.14 bits per heavy atom. The molecular formula is C18H17F2N5O2S. The van der Waals surface area contributed by atoms with Crippen molar-refractivity contribution < 1.29 is 17.2 Å². The minimum atomic E-state index is -4.23. The van der Waals surface area contributed by atoms with Crippen molar-refractivity contribution in [2.24, 2.45) is 0 Å². The van der Waals surface area contributed by atoms with Gasteiger partial charge in [0.15, 0.2) is 5.82 Å². The van der Waals surface area contributed by atoms with Crippen LogP contribution in [-0.4, -0.2) is 39.0 Å². The summed E-state index contributed by atoms with van der Waals surface area (Å²) in [6.07, 6.45) is 5.96. The number of rotatable bonds is 5. The molecule has 2 aromatic heterocycles. The Kier molecular flexibility index (Phi) is 4.90. The van der Waals surface area contributed by atoms with Gasteiger partial charge in [-0.25, -0.2) is 17.2 Å². The van der Waals surface area contributed by atoms with E-state index in [1.807, 2.05) is 12.1 Å². The number of sulfonamides is 1. The van der Waals surface area contributed by atoms with Gasteiger partial charge in [0.1, 0.15) is 22.9 Å². The Bertz CT molecular complexity index is 1090. The Hall–Kier alpha value is -2.72. The van der Waals surface area contributed by atoms with E-state index in [1.54, 1.807) is 17.0 Å². The quantitative estimate of drug-likeness (QED) is 0.652. The first-order chi connectivity index (χ1) is 13.5. The molecule has 146 valence electrons. The highest BCUT2D eigenvalue weighted by Crippen LogP contribution is 2.36. The lowest BCUT2D eigenvalue weighted by molar-refractivity contribution is 0.371. The van der Waals surface area contributed by atoms with Crippen molar-refractivity contribution >= 4 is 10.0 Å². The van der Waals surface area contributed by atoms with Crippen LogP contribution in [0.15, 0.2) is 53.9 Å². The maximum Gasteiger partial charge on any atom is 0.246 e. The van der Waals surface area contributed by atoms with Crippen LogP contribution in [0.3, 0.4) is 0 Å². The predicted octanol–water partition coefficient (Wildman–Crippen LogP) is 2.53. The van der Waals surface area contributed by atoms with E-state index in [4.69, 9.17) is 0 Å². The molecule has 0 spiro atoms. The summed E-state index contributed by atoms with van der Waals surface area (Å²) in [7, 11) is -4.23. The molecule has 3 heterocycles. The van der Waals surface area contributed by atoms with Crippen molar-refractivity contribution in [3.05, 3.63) is 72.1 Å². The highest BCUT2D eigenvalue weighted by atomic mass is 32.2. The second-order valence-corrected chi connectivity index (χ2v) is 8.38. The maximum absolute atomic E-state index is 14.1. The van der Waals surface area contributed by atoms with Crippen molar-refractivity contribution in [3.63, 3.8) is 0 Å². The summed E-state index contributed by atoms with van der Waals surface area (Å²) in [6, 6.07) is 5.50. The fraction of sp³-hybridized carbons (Fsp3) is 0.278. The first kappa shape index (κ1) is 18.6. The number of pyridine rings is 1. The van der Waals surface area contributed by atoms with E-state index in [-0.39, 0.29) is 6.54 Å². The van der Waals surface area contributed by atoms with Crippen molar-refractivity contribution in [2.75, 3.05) is 6.54 Å². The molecule has 4 rings (SSSR count). The van der Waals surface area contributed by atoms with Crippen LogP contribution in [-0.2, 0) is 16.6 Å². The van der Waals surface area contributed by atoms with Gasteiger partial charge in [0, 0.05) is 18.9 Å². The standard InChI is InChI=1S/C18H17F2N5O2S/c19-14-3-4-15(20)17(10-14)28(26,27)25-9-1-2-16(25)18-23-22-12-24(18)11-13-5-7-21-8-6-13/h3-8,10,12,16H,1-2,9,11H2/t16-/m0/s1. The molecule has 10 heteroatoms. The van der Waals surface area contributed by atoms with E-state index in [2.05, 4.69) is 15.2 Å². The van der Waals surface area contributed by atoms with Crippen molar-refractivity contribution in [1.82, 2.24) is 24.1 Å². The highest BCUT2D eigenvalue weighted by molar-refractivity contribution is 7.89. The summed E-state index contributed by atoms with van der Waals surface area (Å²) in [5, 5.41) is 8.04. The van der Waals surface area contributed by atoms with E-state index in [9.17, 15) is 17.2 Å². The number of halogens is 2. The summed E-state index contributed by atoms with van der Waals surface area (Å²) in [4.78, 5) is 3.31. The Labute approximate surface area is 160 Å². The molecule has 28 heavy (non-hydrogen) atoms. The molecule has 0 aliphatic carbocycles. The van der Waals surface area contributed by atoms with Crippen LogP contribution < -0.4 is 0 Å². The summed E-state index contributed by atoms with van der Waals surface area (Å²) in [5.74, 6) is -1.32. The molecule has 1 aromatic carbocycles. The minimum absolute atomic E-state index is 0.199. The predicted molar refractivity (Wildman–Crippen MR) is 95.6 cm³/mol. The zero-order valence-electron chi connectivity index (χ0n) is 14.7. The molecule has 0 amide bonds. The molecule has 1 aliphatic rings. The maximum atomic E-state index is 14.1. The molecule has 0 bridgehead atoms. The van der Waals surface area contributed by atoms with Crippen LogP contribution in [0, 0.1) is 11.6 Å². The SMILES string of the molecule is O=S(=O)(c1cc(F)ccc1F)N1CCC[C@H]1c1nncn1Cc1ccncc1. The zero-order valence-corrected chi connectivity index (χ0v) is 15.6. The smallest absolute Gasteiger partial charge is 0.246 e. The fourth-order valence-corrected chi connectivity index (χ4v) is 5.15. The number of aromatic nitrogens is 4. The average Bonchev–Trinajstić information content (AvgIpc) is 3.33. The fourth-order valence-electron chi connectivity index (χ4n) is 3.42. The minimum Gasteiger partial charge on any atom is -0.312 e. The van der Waals surface area contributed by atoms with Gasteiger partial charge < -0.3 is 4.57 Å². The summed E-state index contributed by atoms with van der Waals surface area (Å²) in [5.41, 5.74) is 0.958. The molecule has 1 aliphatic heterocycles. The van der Waals surface area contributed by atoms with E-state index >= 15 is 0 Å². The van der Waals surface area contributed by atoms with Gasteiger partial charge in [0.25, 0.3) is 0 Å². The lowest BCUT2D eigenvalue weighted by atomic mass is 10.2. The molecule has 0 unspecified atom stereocenters. The summed E-state index contributed by atoms with van der Waals surface area (Å²) < 4.78 is 56.7. The van der Waals surface area contributed by atoms with Gasteiger partial charge in [-0.15, -0.1) is 10.2 Å². The Morgan fingerprint density at radius 3 is 2.71 bits per heavy atom. The normalized spacial score (nSPS) is 17.9. The highest BCUT2D eigenvalue weighted by Gasteiger charge is 2.40. The molecule has 3 aromatic rings. The van der Waals surface area contributed by atoms with Crippen LogP contribution in [0.25, 0.3) is 0 Å². The monoisotopic (exact) mass is 405 g/mol. The second kappa shape index (κ2) is 7.36. The molecule has 0 radical (unpaired) electrons. The van der Waals surface area contributed by atoms with E-state index in [0.717, 1.165) is 17.7 Å². The van der Waals surface area contributed by atoms with Crippen molar-refractivity contribution in [3.8, 4) is 0 Å². The van der Waals surface area contributed by atoms with Crippen LogP contribution in [0.5, 0.6) is 0 Å². The topological polar surface area (TPSA) is 81.0 Å². The molecule has 0 N–H and O–H groups in total. The molecule has 0 saturated carbocycles. The zero-order chi connectivity index (χ0) is 19.7. The molecular weight excluding hydrogens is 388 g/mol. The third kappa shape index (κ3) is 3.40. The van der Waals surface area contributed by atoms with Gasteiger partial charge in [-0.1, -0.05) is 0 Å². The van der Waals surface area contributed by atoms with Gasteiger partial charge in [0.2, 0.25) is 10.0 Å². The van der Waals surface area contributed by atoms with Crippen LogP contribution in [0.4, 0.5) is 8.78 Å². The van der Waals surface area contributed by atoms with Gasteiger partial charge in [-0.3, -0.25) is 4.98 Å². The largest absolute Gasteiger partial charge is 0.312 e. The number of hydrogen-bond acceptors (Lipinski definition) is 5. The van der Waals surface area contributed by atoms with Gasteiger partial charge in [0.05, 0.1) is 12.6 Å². The molecule has 1 atom stereocenters. The summed E-state index contributed by atoms with van der Waals surface area (Å²) in [6.45, 7) is 0.647. The third-order valence-electron chi connectivity index (χ3n) is 4.73. The first-order valence-electron chi connectivity index (χ1n) is 8.70. The number of hydrogen-bond donors (Lipinski definition) is 0. The van der Waals surface area contributed by atoms with Crippen LogP contribution >= 0.6 is 0 Å². The number of benzene rings is 1. The molecule has 1 fully saturated rings.